The summed E-state index contributed by atoms with van der Waals surface area (Å²) in [4.78, 5) is 0. The monoisotopic (exact) mass is 572 g/mol. The van der Waals surface area contributed by atoms with E-state index in [4.69, 9.17) is 0 Å². The molecule has 0 N–H and O–H groups in total. The fraction of sp³-hybridized carbons (Fsp3) is 0.857. The Hall–Kier alpha value is 0.870. The third-order valence-electron chi connectivity index (χ3n) is 9.77. The minimum Gasteiger partial charge on any atom is -0.358 e. The van der Waals surface area contributed by atoms with Gasteiger partial charge in [0.25, 0.3) is 0 Å². The first-order valence-electron chi connectivity index (χ1n) is 11.4. The molecule has 4 aliphatic carbocycles. The molecule has 0 aromatic heterocycles. The maximum atomic E-state index is 2.51. The first-order valence-corrected chi connectivity index (χ1v) is 11.4. The number of hydrogen-bond acceptors (Lipinski definition) is 0. The van der Waals surface area contributed by atoms with E-state index >= 15 is 0 Å². The van der Waals surface area contributed by atoms with Crippen LogP contribution in [0.5, 0.6) is 0 Å². The van der Waals surface area contributed by atoms with Gasteiger partial charge in [0.05, 0.1) is 0 Å². The van der Waals surface area contributed by atoms with Crippen LogP contribution in [0.4, 0.5) is 0 Å². The Morgan fingerprint density at radius 1 is 0.414 bits per heavy atom. The number of rotatable bonds is 0. The summed E-state index contributed by atoms with van der Waals surface area (Å²) >= 11 is 0. The molecular formula is C28H56Hf. The average Bonchev–Trinajstić information content (AvgIpc) is 3.06. The maximum absolute atomic E-state index is 2.51. The van der Waals surface area contributed by atoms with E-state index in [1.807, 2.05) is 0 Å². The van der Waals surface area contributed by atoms with Crippen LogP contribution in [0.25, 0.3) is 0 Å². The summed E-state index contributed by atoms with van der Waals surface area (Å²) in [5.41, 5.74) is 0. The van der Waals surface area contributed by atoms with Gasteiger partial charge in [0.2, 0.25) is 0 Å². The largest absolute Gasteiger partial charge is 4.00 e. The Morgan fingerprint density at radius 2 is 0.828 bits per heavy atom. The Bertz CT molecular complexity index is 358. The van der Waals surface area contributed by atoms with Gasteiger partial charge in [0.15, 0.2) is 0 Å². The third-order valence-corrected chi connectivity index (χ3v) is 9.77. The van der Waals surface area contributed by atoms with E-state index < -0.39 is 0 Å². The predicted molar refractivity (Wildman–Crippen MR) is 132 cm³/mol. The fourth-order valence-corrected chi connectivity index (χ4v) is 7.29. The second-order valence-corrected chi connectivity index (χ2v) is 10.5. The standard InChI is InChI=1S/C14H24.C10H20.4CH3.Hf/c1-10-6-8-14-12(10)9-7-11-4-2-3-5-13(11)14;1-6-7(2)9(4)10(5)8(6)3;;;;;/h10-14H,2-9H2,1H3;6-10H,1-5H3;4*1H3;/q;;4*-1;+4. The normalized spacial score (nSPS) is 44.5. The zero-order valence-electron chi connectivity index (χ0n) is 21.9. The average molecular weight is 571 g/mol. The molecule has 0 bridgehead atoms. The molecule has 5 atom stereocenters. The van der Waals surface area contributed by atoms with Crippen molar-refractivity contribution < 1.29 is 25.8 Å². The molecule has 172 valence electrons. The van der Waals surface area contributed by atoms with E-state index in [9.17, 15) is 0 Å². The van der Waals surface area contributed by atoms with Crippen LogP contribution >= 0.6 is 0 Å². The van der Waals surface area contributed by atoms with Crippen molar-refractivity contribution in [1.29, 1.82) is 0 Å². The van der Waals surface area contributed by atoms with Gasteiger partial charge >= 0.3 is 25.8 Å². The summed E-state index contributed by atoms with van der Waals surface area (Å²) in [7, 11) is 0. The van der Waals surface area contributed by atoms with Gasteiger partial charge in [0.1, 0.15) is 0 Å². The van der Waals surface area contributed by atoms with E-state index in [1.165, 1.54) is 6.42 Å². The molecule has 5 unspecified atom stereocenters. The van der Waals surface area contributed by atoms with Crippen LogP contribution in [0, 0.1) is 88.9 Å². The smallest absolute Gasteiger partial charge is 0.358 e. The van der Waals surface area contributed by atoms with Gasteiger partial charge in [-0.15, -0.1) is 0 Å². The van der Waals surface area contributed by atoms with Gasteiger partial charge in [-0.1, -0.05) is 67.2 Å². The third kappa shape index (κ3) is 7.18. The van der Waals surface area contributed by atoms with E-state index in [-0.39, 0.29) is 55.5 Å². The molecule has 4 saturated carbocycles. The van der Waals surface area contributed by atoms with Crippen LogP contribution in [0.15, 0.2) is 0 Å². The predicted octanol–water partition coefficient (Wildman–Crippen LogP) is 9.23. The minimum absolute atomic E-state index is 0. The van der Waals surface area contributed by atoms with Crippen LogP contribution in [0.1, 0.15) is 92.9 Å². The molecule has 0 spiro atoms. The molecule has 0 aromatic carbocycles. The molecule has 0 aromatic rings. The van der Waals surface area contributed by atoms with E-state index in [0.717, 1.165) is 59.2 Å². The SMILES string of the molecule is CC1C(C)C(C)C(C)C1C.CC1CCC2C1CCC1CCCCC12.[CH3-].[CH3-].[CH3-].[CH3-].[Hf+4]. The summed E-state index contributed by atoms with van der Waals surface area (Å²) in [6, 6.07) is 0. The molecule has 0 amide bonds. The fourth-order valence-electron chi connectivity index (χ4n) is 7.29. The Morgan fingerprint density at radius 3 is 1.31 bits per heavy atom. The molecule has 4 fully saturated rings. The van der Waals surface area contributed by atoms with Crippen molar-refractivity contribution in [3.05, 3.63) is 29.7 Å². The summed E-state index contributed by atoms with van der Waals surface area (Å²) in [5.74, 6) is 10.3. The van der Waals surface area contributed by atoms with Crippen molar-refractivity contribution in [1.82, 2.24) is 0 Å². The van der Waals surface area contributed by atoms with Crippen molar-refractivity contribution >= 4 is 0 Å². The van der Waals surface area contributed by atoms with Gasteiger partial charge in [-0.3, -0.25) is 0 Å². The van der Waals surface area contributed by atoms with E-state index in [1.54, 1.807) is 44.9 Å². The van der Waals surface area contributed by atoms with Crippen LogP contribution in [-0.2, 0) is 25.8 Å². The van der Waals surface area contributed by atoms with Crippen molar-refractivity contribution in [2.75, 3.05) is 0 Å². The van der Waals surface area contributed by atoms with Crippen molar-refractivity contribution in [3.63, 3.8) is 0 Å². The van der Waals surface area contributed by atoms with Gasteiger partial charge < -0.3 is 29.7 Å². The maximum Gasteiger partial charge on any atom is 4.00 e. The molecule has 29 heavy (non-hydrogen) atoms. The molecule has 1 heteroatoms. The molecule has 0 saturated heterocycles. The molecule has 4 rings (SSSR count). The van der Waals surface area contributed by atoms with E-state index in [2.05, 4.69) is 41.5 Å². The van der Waals surface area contributed by atoms with Crippen molar-refractivity contribution in [2.45, 2.75) is 92.9 Å². The van der Waals surface area contributed by atoms with Crippen molar-refractivity contribution in [2.24, 2.45) is 59.2 Å². The summed E-state index contributed by atoms with van der Waals surface area (Å²) in [6.45, 7) is 14.5. The summed E-state index contributed by atoms with van der Waals surface area (Å²) in [5, 5.41) is 0. The first-order chi connectivity index (χ1) is 11.4. The second-order valence-electron chi connectivity index (χ2n) is 10.5. The quantitative estimate of drug-likeness (QED) is 0.201. The van der Waals surface area contributed by atoms with Crippen LogP contribution < -0.4 is 0 Å². The number of fused-ring (bicyclic) bond motifs is 3. The first kappa shape index (κ1) is 34.5. The Labute approximate surface area is 207 Å². The number of hydrogen-bond donors (Lipinski definition) is 0. The Kier molecular flexibility index (Phi) is 17.6. The second kappa shape index (κ2) is 14.8. The van der Waals surface area contributed by atoms with Gasteiger partial charge in [0, 0.05) is 0 Å². The van der Waals surface area contributed by atoms with Crippen LogP contribution in [0.2, 0.25) is 0 Å². The molecule has 4 aliphatic rings. The van der Waals surface area contributed by atoms with Crippen molar-refractivity contribution in [3.8, 4) is 0 Å². The molecule has 0 aliphatic heterocycles. The molecular weight excluding hydrogens is 515 g/mol. The molecule has 0 nitrogen and oxygen atoms in total. The molecule has 0 heterocycles. The van der Waals surface area contributed by atoms with Crippen LogP contribution in [-0.4, -0.2) is 0 Å². The van der Waals surface area contributed by atoms with Gasteiger partial charge in [-0.2, -0.15) is 0 Å². The van der Waals surface area contributed by atoms with Gasteiger partial charge in [-0.05, 0) is 84.9 Å². The topological polar surface area (TPSA) is 0 Å². The summed E-state index contributed by atoms with van der Waals surface area (Å²) in [6.07, 6.45) is 12.5. The zero-order chi connectivity index (χ0) is 17.4. The van der Waals surface area contributed by atoms with Gasteiger partial charge in [-0.25, -0.2) is 0 Å². The Balaban J connectivity index is -0.000000414. The minimum atomic E-state index is 0. The summed E-state index contributed by atoms with van der Waals surface area (Å²) < 4.78 is 0. The molecule has 0 radical (unpaired) electrons. The van der Waals surface area contributed by atoms with Crippen LogP contribution in [0.3, 0.4) is 0 Å². The zero-order valence-corrected chi connectivity index (χ0v) is 25.5. The van der Waals surface area contributed by atoms with E-state index in [0.29, 0.717) is 0 Å².